The lowest BCUT2D eigenvalue weighted by Gasteiger charge is -2.12. The van der Waals surface area contributed by atoms with Crippen LogP contribution in [0.4, 0.5) is 4.39 Å². The van der Waals surface area contributed by atoms with E-state index in [0.29, 0.717) is 5.82 Å². The number of hydrogen-bond donors (Lipinski definition) is 1. The molecule has 1 rings (SSSR count). The van der Waals surface area contributed by atoms with E-state index < -0.39 is 9.36 Å². The second-order valence-corrected chi connectivity index (χ2v) is 4.54. The normalized spacial score (nSPS) is 16.0. The summed E-state index contributed by atoms with van der Waals surface area (Å²) in [5.74, 6) is -0.0195. The van der Waals surface area contributed by atoms with E-state index in [1.54, 1.807) is 6.92 Å². The summed E-state index contributed by atoms with van der Waals surface area (Å²) in [5, 5.41) is 0. The molecule has 0 aliphatic rings. The molecule has 1 aromatic heterocycles. The molecule has 5 heteroatoms. The van der Waals surface area contributed by atoms with Gasteiger partial charge in [0.2, 0.25) is 0 Å². The maximum Gasteiger partial charge on any atom is 0.159 e. The molecule has 3 nitrogen and oxygen atoms in total. The van der Waals surface area contributed by atoms with Gasteiger partial charge < -0.3 is 5.73 Å². The largest absolute Gasteiger partial charge is 0.311 e. The number of aromatic nitrogens is 2. The molecule has 11 heavy (non-hydrogen) atoms. The molecule has 0 amide bonds. The van der Waals surface area contributed by atoms with Crippen LogP contribution < -0.4 is 5.73 Å². The Morgan fingerprint density at radius 2 is 2.00 bits per heavy atom. The van der Waals surface area contributed by atoms with E-state index >= 15 is 0 Å². The maximum absolute atomic E-state index is 12.3. The fourth-order valence-corrected chi connectivity index (χ4v) is 0.843. The Morgan fingerprint density at radius 1 is 1.55 bits per heavy atom. The number of nitrogens with two attached hydrogens (primary N) is 1. The SMILES string of the molecule is C[C@](N)(I)c1ncc(F)cn1. The number of alkyl halides is 1. The minimum atomic E-state index is -0.633. The van der Waals surface area contributed by atoms with E-state index in [2.05, 4.69) is 9.97 Å². The van der Waals surface area contributed by atoms with Crippen LogP contribution in [-0.4, -0.2) is 9.97 Å². The molecule has 0 aromatic carbocycles. The predicted octanol–water partition coefficient (Wildman–Crippen LogP) is 1.18. The maximum atomic E-state index is 12.3. The van der Waals surface area contributed by atoms with Crippen molar-refractivity contribution in [2.24, 2.45) is 5.73 Å². The number of hydrogen-bond acceptors (Lipinski definition) is 3. The van der Waals surface area contributed by atoms with Crippen LogP contribution in [0.2, 0.25) is 0 Å². The van der Waals surface area contributed by atoms with Gasteiger partial charge in [0.15, 0.2) is 11.6 Å². The van der Waals surface area contributed by atoms with Gasteiger partial charge in [-0.1, -0.05) is 22.6 Å². The molecule has 1 aromatic rings. The van der Waals surface area contributed by atoms with E-state index in [1.165, 1.54) is 0 Å². The van der Waals surface area contributed by atoms with Gasteiger partial charge in [-0.05, 0) is 6.92 Å². The summed E-state index contributed by atoms with van der Waals surface area (Å²) < 4.78 is 11.7. The Hall–Kier alpha value is -0.300. The molecule has 0 unspecified atom stereocenters. The van der Waals surface area contributed by atoms with Gasteiger partial charge >= 0.3 is 0 Å². The summed E-state index contributed by atoms with van der Waals surface area (Å²) in [6.45, 7) is 1.75. The lowest BCUT2D eigenvalue weighted by molar-refractivity contribution is 0.598. The second-order valence-electron chi connectivity index (χ2n) is 2.30. The number of halogens is 2. The molecule has 0 radical (unpaired) electrons. The van der Waals surface area contributed by atoms with Gasteiger partial charge in [-0.2, -0.15) is 0 Å². The summed E-state index contributed by atoms with van der Waals surface area (Å²) in [4.78, 5) is 7.46. The Balaban J connectivity index is 2.99. The van der Waals surface area contributed by atoms with E-state index in [4.69, 9.17) is 5.73 Å². The first-order valence-electron chi connectivity index (χ1n) is 2.96. The highest BCUT2D eigenvalue weighted by Gasteiger charge is 2.19. The van der Waals surface area contributed by atoms with Crippen molar-refractivity contribution in [2.75, 3.05) is 0 Å². The zero-order chi connectivity index (χ0) is 8.48. The Labute approximate surface area is 77.4 Å². The van der Waals surface area contributed by atoms with E-state index in [-0.39, 0.29) is 0 Å². The minimum absolute atomic E-state index is 0.430. The van der Waals surface area contributed by atoms with E-state index in [0.717, 1.165) is 12.4 Å². The molecule has 1 atom stereocenters. The van der Waals surface area contributed by atoms with Crippen LogP contribution in [0.5, 0.6) is 0 Å². The van der Waals surface area contributed by atoms with Crippen molar-refractivity contribution in [1.29, 1.82) is 0 Å². The van der Waals surface area contributed by atoms with Crippen LogP contribution in [-0.2, 0) is 3.55 Å². The lowest BCUT2D eigenvalue weighted by atomic mass is 10.3. The monoisotopic (exact) mass is 267 g/mol. The molecule has 1 heterocycles. The summed E-state index contributed by atoms with van der Waals surface area (Å²) in [5.41, 5.74) is 5.65. The smallest absolute Gasteiger partial charge is 0.159 e. The summed E-state index contributed by atoms with van der Waals surface area (Å²) in [7, 11) is 0. The first kappa shape index (κ1) is 8.79. The molecular weight excluding hydrogens is 260 g/mol. The van der Waals surface area contributed by atoms with Crippen LogP contribution in [0.1, 0.15) is 12.7 Å². The highest BCUT2D eigenvalue weighted by molar-refractivity contribution is 14.1. The Morgan fingerprint density at radius 3 is 2.36 bits per heavy atom. The summed E-state index contributed by atoms with van der Waals surface area (Å²) in [6, 6.07) is 0. The highest BCUT2D eigenvalue weighted by atomic mass is 127. The third-order valence-electron chi connectivity index (χ3n) is 1.06. The van der Waals surface area contributed by atoms with Gasteiger partial charge in [0.05, 0.1) is 12.4 Å². The van der Waals surface area contributed by atoms with Gasteiger partial charge in [0, 0.05) is 0 Å². The van der Waals surface area contributed by atoms with Crippen molar-refractivity contribution in [2.45, 2.75) is 10.5 Å². The predicted molar refractivity (Wildman–Crippen MR) is 47.5 cm³/mol. The number of nitrogens with zero attached hydrogens (tertiary/aromatic N) is 2. The van der Waals surface area contributed by atoms with Crippen LogP contribution in [0.15, 0.2) is 12.4 Å². The van der Waals surface area contributed by atoms with Crippen molar-refractivity contribution >= 4 is 22.6 Å². The molecule has 2 N–H and O–H groups in total. The number of rotatable bonds is 1. The fraction of sp³-hybridized carbons (Fsp3) is 0.333. The Bertz CT molecular complexity index is 241. The molecule has 0 aliphatic heterocycles. The molecular formula is C6H7FIN3. The molecule has 0 fully saturated rings. The summed E-state index contributed by atoms with van der Waals surface area (Å²) in [6.07, 6.45) is 2.21. The molecule has 0 aliphatic carbocycles. The van der Waals surface area contributed by atoms with Crippen LogP contribution >= 0.6 is 22.6 Å². The first-order chi connectivity index (χ1) is 5.00. The van der Waals surface area contributed by atoms with Gasteiger partial charge in [-0.25, -0.2) is 14.4 Å². The van der Waals surface area contributed by atoms with E-state index in [9.17, 15) is 4.39 Å². The Kier molecular flexibility index (Phi) is 2.38. The standard InChI is InChI=1S/C6H7FIN3/c1-6(8,9)5-10-2-4(7)3-11-5/h2-3H,9H2,1H3/t6-/m1/s1. The fourth-order valence-electron chi connectivity index (χ4n) is 0.565. The molecule has 0 bridgehead atoms. The molecule has 0 saturated heterocycles. The first-order valence-corrected chi connectivity index (χ1v) is 4.04. The lowest BCUT2D eigenvalue weighted by Crippen LogP contribution is -2.27. The van der Waals surface area contributed by atoms with Crippen LogP contribution in [0.3, 0.4) is 0 Å². The van der Waals surface area contributed by atoms with Gasteiger partial charge in [-0.15, -0.1) is 0 Å². The highest BCUT2D eigenvalue weighted by Crippen LogP contribution is 2.20. The zero-order valence-corrected chi connectivity index (χ0v) is 8.04. The quantitative estimate of drug-likeness (QED) is 0.472. The second kappa shape index (κ2) is 2.98. The van der Waals surface area contributed by atoms with Gasteiger partial charge in [0.1, 0.15) is 3.55 Å². The topological polar surface area (TPSA) is 51.8 Å². The van der Waals surface area contributed by atoms with Gasteiger partial charge in [0.25, 0.3) is 0 Å². The van der Waals surface area contributed by atoms with Gasteiger partial charge in [-0.3, -0.25) is 0 Å². The van der Waals surface area contributed by atoms with Crippen LogP contribution in [0.25, 0.3) is 0 Å². The zero-order valence-electron chi connectivity index (χ0n) is 5.88. The molecule has 60 valence electrons. The van der Waals surface area contributed by atoms with Crippen molar-refractivity contribution in [1.82, 2.24) is 9.97 Å². The summed E-state index contributed by atoms with van der Waals surface area (Å²) >= 11 is 1.98. The minimum Gasteiger partial charge on any atom is -0.311 e. The van der Waals surface area contributed by atoms with E-state index in [1.807, 2.05) is 22.6 Å². The van der Waals surface area contributed by atoms with Crippen molar-refractivity contribution in [3.05, 3.63) is 24.0 Å². The average molecular weight is 267 g/mol. The average Bonchev–Trinajstić information content (AvgIpc) is 1.86. The van der Waals surface area contributed by atoms with Crippen molar-refractivity contribution in [3.8, 4) is 0 Å². The molecule has 0 spiro atoms. The van der Waals surface area contributed by atoms with Crippen LogP contribution in [0, 0.1) is 5.82 Å². The molecule has 0 saturated carbocycles. The third-order valence-corrected chi connectivity index (χ3v) is 1.54. The van der Waals surface area contributed by atoms with Crippen molar-refractivity contribution < 1.29 is 4.39 Å². The van der Waals surface area contributed by atoms with Crippen molar-refractivity contribution in [3.63, 3.8) is 0 Å². The third kappa shape index (κ3) is 2.33.